The van der Waals surface area contributed by atoms with Crippen LogP contribution in [0.2, 0.25) is 0 Å². The molecule has 22 heavy (non-hydrogen) atoms. The number of carbonyl (C=O) groups is 2. The highest BCUT2D eigenvalue weighted by Crippen LogP contribution is 2.35. The summed E-state index contributed by atoms with van der Waals surface area (Å²) in [5, 5.41) is 23.1. The second kappa shape index (κ2) is 6.47. The van der Waals surface area contributed by atoms with Gasteiger partial charge in [0.25, 0.3) is 5.79 Å². The minimum atomic E-state index is -1.84. The first kappa shape index (κ1) is 17.1. The Morgan fingerprint density at radius 3 is 2.50 bits per heavy atom. The van der Waals surface area contributed by atoms with Crippen LogP contribution in [0.4, 0.5) is 0 Å². The Morgan fingerprint density at radius 1 is 1.41 bits per heavy atom. The highest BCUT2D eigenvalue weighted by molar-refractivity contribution is 5.78. The average molecular weight is 319 g/mol. The molecule has 126 valence electrons. The van der Waals surface area contributed by atoms with Crippen LogP contribution in [-0.2, 0) is 28.5 Å². The first-order valence-corrected chi connectivity index (χ1v) is 6.91. The van der Waals surface area contributed by atoms with E-state index >= 15 is 0 Å². The van der Waals surface area contributed by atoms with Gasteiger partial charge < -0.3 is 34.5 Å². The SMILES string of the molecule is COC(=O)[C@]1(OC)C[C@H](O)[C@@H](NC(C)=O)[C@H]([C@H](O)[C@H]2CO2)O1. The molecule has 0 spiro atoms. The number of esters is 1. The smallest absolute Gasteiger partial charge is 0.366 e. The maximum absolute atomic E-state index is 12.0. The first-order valence-electron chi connectivity index (χ1n) is 6.91. The molecule has 0 radical (unpaired) electrons. The number of methoxy groups -OCH3 is 2. The van der Waals surface area contributed by atoms with Crippen LogP contribution in [-0.4, -0.2) is 79.2 Å². The van der Waals surface area contributed by atoms with Crippen LogP contribution in [0, 0.1) is 0 Å². The molecule has 3 N–H and O–H groups in total. The third-order valence-corrected chi connectivity index (χ3v) is 3.85. The van der Waals surface area contributed by atoms with Crippen molar-refractivity contribution >= 4 is 11.9 Å². The molecule has 0 aromatic carbocycles. The minimum absolute atomic E-state index is 0.240. The number of epoxide rings is 1. The third kappa shape index (κ3) is 3.23. The quantitative estimate of drug-likeness (QED) is 0.389. The van der Waals surface area contributed by atoms with E-state index in [1.807, 2.05) is 0 Å². The van der Waals surface area contributed by atoms with E-state index in [9.17, 15) is 19.8 Å². The van der Waals surface area contributed by atoms with Crippen molar-refractivity contribution in [3.05, 3.63) is 0 Å². The van der Waals surface area contributed by atoms with Gasteiger partial charge in [0, 0.05) is 20.5 Å². The fourth-order valence-corrected chi connectivity index (χ4v) is 2.62. The zero-order valence-corrected chi connectivity index (χ0v) is 12.6. The summed E-state index contributed by atoms with van der Waals surface area (Å²) in [5.74, 6) is -3.07. The molecule has 0 aromatic rings. The maximum atomic E-state index is 12.0. The molecule has 2 saturated heterocycles. The Labute approximate surface area is 127 Å². The van der Waals surface area contributed by atoms with Crippen molar-refractivity contribution in [1.82, 2.24) is 5.32 Å². The van der Waals surface area contributed by atoms with Crippen LogP contribution < -0.4 is 5.32 Å². The zero-order valence-electron chi connectivity index (χ0n) is 12.6. The van der Waals surface area contributed by atoms with Gasteiger partial charge in [-0.2, -0.15) is 0 Å². The van der Waals surface area contributed by atoms with Crippen LogP contribution in [0.3, 0.4) is 0 Å². The Balaban J connectivity index is 2.27. The van der Waals surface area contributed by atoms with Gasteiger partial charge in [0.2, 0.25) is 5.91 Å². The molecule has 0 aliphatic carbocycles. The van der Waals surface area contributed by atoms with E-state index in [4.69, 9.17) is 14.2 Å². The maximum Gasteiger partial charge on any atom is 0.366 e. The Bertz CT molecular complexity index is 440. The van der Waals surface area contributed by atoms with Crippen molar-refractivity contribution in [3.63, 3.8) is 0 Å². The van der Waals surface area contributed by atoms with Crippen molar-refractivity contribution in [2.24, 2.45) is 0 Å². The van der Waals surface area contributed by atoms with E-state index in [1.165, 1.54) is 14.0 Å². The van der Waals surface area contributed by atoms with Gasteiger partial charge in [0.05, 0.1) is 25.9 Å². The van der Waals surface area contributed by atoms with Crippen LogP contribution in [0.15, 0.2) is 0 Å². The fraction of sp³-hybridized carbons (Fsp3) is 0.846. The standard InChI is InChI=1S/C13H21NO8/c1-6(15)14-9-7(16)4-13(20-3,12(18)19-2)22-11(9)10(17)8-5-21-8/h7-11,16-17H,4-5H2,1-3H3,(H,14,15)/t7-,8+,9+,10+,11+,13-/m0/s1. The van der Waals surface area contributed by atoms with Gasteiger partial charge in [0.1, 0.15) is 18.3 Å². The Kier molecular flexibility index (Phi) is 5.03. The molecule has 0 bridgehead atoms. The van der Waals surface area contributed by atoms with Gasteiger partial charge in [-0.25, -0.2) is 4.79 Å². The van der Waals surface area contributed by atoms with Crippen LogP contribution in [0.25, 0.3) is 0 Å². The monoisotopic (exact) mass is 319 g/mol. The molecule has 2 aliphatic rings. The van der Waals surface area contributed by atoms with E-state index in [0.29, 0.717) is 6.61 Å². The van der Waals surface area contributed by atoms with Crippen LogP contribution in [0.1, 0.15) is 13.3 Å². The number of hydrogen-bond donors (Lipinski definition) is 3. The summed E-state index contributed by atoms with van der Waals surface area (Å²) in [4.78, 5) is 23.3. The molecule has 2 heterocycles. The molecule has 2 aliphatic heterocycles. The summed E-state index contributed by atoms with van der Waals surface area (Å²) < 4.78 is 20.4. The number of hydrogen-bond acceptors (Lipinski definition) is 8. The summed E-state index contributed by atoms with van der Waals surface area (Å²) in [6.07, 6.45) is -4.10. The second-order valence-electron chi connectivity index (χ2n) is 5.39. The molecule has 1 amide bonds. The predicted molar refractivity (Wildman–Crippen MR) is 70.6 cm³/mol. The summed E-state index contributed by atoms with van der Waals surface area (Å²) in [6.45, 7) is 1.62. The number of aliphatic hydroxyl groups excluding tert-OH is 2. The van der Waals surface area contributed by atoms with E-state index in [-0.39, 0.29) is 6.42 Å². The Hall–Kier alpha value is -1.26. The van der Waals surface area contributed by atoms with Gasteiger partial charge >= 0.3 is 5.97 Å². The van der Waals surface area contributed by atoms with Crippen molar-refractivity contribution in [1.29, 1.82) is 0 Å². The van der Waals surface area contributed by atoms with Gasteiger partial charge in [-0.1, -0.05) is 0 Å². The molecule has 0 unspecified atom stereocenters. The van der Waals surface area contributed by atoms with E-state index in [2.05, 4.69) is 10.1 Å². The molecular weight excluding hydrogens is 298 g/mol. The van der Waals surface area contributed by atoms with Crippen LogP contribution >= 0.6 is 0 Å². The summed E-state index contributed by atoms with van der Waals surface area (Å²) in [7, 11) is 2.40. The molecule has 0 saturated carbocycles. The lowest BCUT2D eigenvalue weighted by atomic mass is 9.89. The summed E-state index contributed by atoms with van der Waals surface area (Å²) in [5.41, 5.74) is 0. The lowest BCUT2D eigenvalue weighted by Crippen LogP contribution is -2.67. The van der Waals surface area contributed by atoms with Gasteiger partial charge in [0.15, 0.2) is 0 Å². The largest absolute Gasteiger partial charge is 0.465 e. The lowest BCUT2D eigenvalue weighted by Gasteiger charge is -2.45. The number of carbonyl (C=O) groups excluding carboxylic acids is 2. The molecule has 9 nitrogen and oxygen atoms in total. The van der Waals surface area contributed by atoms with E-state index in [0.717, 1.165) is 7.11 Å². The Morgan fingerprint density at radius 2 is 2.05 bits per heavy atom. The molecule has 2 fully saturated rings. The molecular formula is C13H21NO8. The lowest BCUT2D eigenvalue weighted by molar-refractivity contribution is -0.300. The average Bonchev–Trinajstić information content (AvgIpc) is 3.31. The predicted octanol–water partition coefficient (Wildman–Crippen LogP) is -2.08. The molecule has 2 rings (SSSR count). The molecule has 9 heteroatoms. The highest BCUT2D eigenvalue weighted by Gasteiger charge is 2.56. The summed E-state index contributed by atoms with van der Waals surface area (Å²) >= 11 is 0. The second-order valence-corrected chi connectivity index (χ2v) is 5.39. The van der Waals surface area contributed by atoms with Gasteiger partial charge in [-0.15, -0.1) is 0 Å². The number of rotatable bonds is 5. The zero-order chi connectivity index (χ0) is 16.5. The summed E-state index contributed by atoms with van der Waals surface area (Å²) in [6, 6.07) is -0.898. The van der Waals surface area contributed by atoms with Crippen molar-refractivity contribution in [2.45, 2.75) is 49.6 Å². The van der Waals surface area contributed by atoms with E-state index < -0.39 is 48.1 Å². The number of amides is 1. The normalized spacial score (nSPS) is 39.0. The van der Waals surface area contributed by atoms with Gasteiger partial charge in [-0.05, 0) is 0 Å². The van der Waals surface area contributed by atoms with Crippen molar-refractivity contribution in [2.75, 3.05) is 20.8 Å². The molecule has 6 atom stereocenters. The fourth-order valence-electron chi connectivity index (χ4n) is 2.62. The van der Waals surface area contributed by atoms with E-state index in [1.54, 1.807) is 0 Å². The first-order chi connectivity index (χ1) is 10.3. The van der Waals surface area contributed by atoms with Gasteiger partial charge in [-0.3, -0.25) is 4.79 Å². The molecule has 0 aromatic heterocycles. The van der Waals surface area contributed by atoms with Crippen LogP contribution in [0.5, 0.6) is 0 Å². The minimum Gasteiger partial charge on any atom is -0.465 e. The van der Waals surface area contributed by atoms with Crippen molar-refractivity contribution < 1.29 is 38.7 Å². The van der Waals surface area contributed by atoms with Crippen molar-refractivity contribution in [3.8, 4) is 0 Å². The number of aliphatic hydroxyl groups is 2. The number of nitrogens with one attached hydrogen (secondary N) is 1. The number of ether oxygens (including phenoxy) is 4. The topological polar surface area (TPSA) is 127 Å². The third-order valence-electron chi connectivity index (χ3n) is 3.85. The highest BCUT2D eigenvalue weighted by atomic mass is 16.7.